The molecule has 0 spiro atoms. The van der Waals surface area contributed by atoms with Gasteiger partial charge < -0.3 is 14.9 Å². The van der Waals surface area contributed by atoms with E-state index in [1.807, 2.05) is 0 Å². The second-order valence-corrected chi connectivity index (χ2v) is 3.32. The molecule has 0 N–H and O–H groups in total. The molecule has 1 aromatic heterocycles. The number of hydrogen-bond donors (Lipinski definition) is 0. The number of rotatable bonds is 4. The van der Waals surface area contributed by atoms with Crippen molar-refractivity contribution in [2.24, 2.45) is 0 Å². The number of methoxy groups -OCH3 is 1. The van der Waals surface area contributed by atoms with Crippen LogP contribution >= 0.6 is 0 Å². The summed E-state index contributed by atoms with van der Waals surface area (Å²) in [5, 5.41) is 19.3. The van der Waals surface area contributed by atoms with Gasteiger partial charge >= 0.3 is 11.8 Å². The molecule has 0 radical (unpaired) electrons. The minimum atomic E-state index is -3.08. The van der Waals surface area contributed by atoms with Crippen molar-refractivity contribution >= 4 is 11.8 Å². The first-order chi connectivity index (χ1) is 8.90. The molecule has 0 saturated carbocycles. The molecular weight excluding hydrogens is 264 g/mol. The van der Waals surface area contributed by atoms with E-state index in [0.717, 1.165) is 13.2 Å². The summed E-state index contributed by atoms with van der Waals surface area (Å²) in [6.45, 7) is 0. The zero-order valence-corrected chi connectivity index (χ0v) is 9.59. The number of ether oxygens (including phenoxy) is 1. The van der Waals surface area contributed by atoms with Gasteiger partial charge in [0.05, 0.1) is 19.1 Å². The zero-order chi connectivity index (χ0) is 14.6. The quantitative estimate of drug-likeness (QED) is 0.466. The molecule has 0 aliphatic carbocycles. The van der Waals surface area contributed by atoms with E-state index in [9.17, 15) is 23.7 Å². The van der Waals surface area contributed by atoms with E-state index >= 15 is 0 Å². The van der Waals surface area contributed by atoms with Crippen LogP contribution in [-0.2, 0) is 16.0 Å². The standard InChI is InChI=1S/C10H7F2N3O4/c1-19-8(16)3-5-2-7(15(17)18)14-6(4-13)9(5)10(11)12/h2,10H,3H2,1H3. The van der Waals surface area contributed by atoms with Crippen molar-refractivity contribution in [3.05, 3.63) is 33.0 Å². The lowest BCUT2D eigenvalue weighted by Crippen LogP contribution is -2.11. The lowest BCUT2D eigenvalue weighted by Gasteiger charge is -2.07. The number of nitrogens with zero attached hydrogens (tertiary/aromatic N) is 3. The highest BCUT2D eigenvalue weighted by molar-refractivity contribution is 5.73. The fraction of sp³-hybridized carbons (Fsp3) is 0.300. The maximum Gasteiger partial charge on any atom is 0.365 e. The fourth-order valence-electron chi connectivity index (χ4n) is 1.39. The SMILES string of the molecule is COC(=O)Cc1cc([N+](=O)[O-])nc(C#N)c1C(F)F. The third-order valence-electron chi connectivity index (χ3n) is 2.20. The minimum Gasteiger partial charge on any atom is -0.469 e. The van der Waals surface area contributed by atoms with E-state index in [4.69, 9.17) is 5.26 Å². The number of nitriles is 1. The normalized spacial score (nSPS) is 10.1. The van der Waals surface area contributed by atoms with Crippen molar-refractivity contribution in [1.29, 1.82) is 5.26 Å². The molecular formula is C10H7F2N3O4. The van der Waals surface area contributed by atoms with Gasteiger partial charge in [-0.3, -0.25) is 4.79 Å². The molecule has 0 aliphatic heterocycles. The Morgan fingerprint density at radius 2 is 2.32 bits per heavy atom. The van der Waals surface area contributed by atoms with E-state index in [2.05, 4.69) is 9.72 Å². The highest BCUT2D eigenvalue weighted by atomic mass is 19.3. The topological polar surface area (TPSA) is 106 Å². The third-order valence-corrected chi connectivity index (χ3v) is 2.20. The first-order valence-corrected chi connectivity index (χ1v) is 4.84. The average molecular weight is 271 g/mol. The minimum absolute atomic E-state index is 0.347. The Morgan fingerprint density at radius 3 is 2.74 bits per heavy atom. The van der Waals surface area contributed by atoms with Gasteiger partial charge in [-0.1, -0.05) is 0 Å². The van der Waals surface area contributed by atoms with Gasteiger partial charge in [0, 0.05) is 6.07 Å². The summed E-state index contributed by atoms with van der Waals surface area (Å²) in [5.74, 6) is -1.63. The van der Waals surface area contributed by atoms with Gasteiger partial charge in [0.1, 0.15) is 6.07 Å². The molecule has 19 heavy (non-hydrogen) atoms. The van der Waals surface area contributed by atoms with Crippen LogP contribution in [0.4, 0.5) is 14.6 Å². The van der Waals surface area contributed by atoms with Crippen molar-refractivity contribution in [2.75, 3.05) is 7.11 Å². The van der Waals surface area contributed by atoms with E-state index in [1.54, 1.807) is 0 Å². The van der Waals surface area contributed by atoms with Crippen LogP contribution in [-0.4, -0.2) is 23.0 Å². The van der Waals surface area contributed by atoms with Crippen molar-refractivity contribution in [3.8, 4) is 6.07 Å². The van der Waals surface area contributed by atoms with Gasteiger partial charge in [0.15, 0.2) is 0 Å². The summed E-state index contributed by atoms with van der Waals surface area (Å²) in [6.07, 6.45) is -3.68. The predicted octanol–water partition coefficient (Wildman–Crippen LogP) is 1.51. The molecule has 0 unspecified atom stereocenters. The van der Waals surface area contributed by atoms with Crippen LogP contribution < -0.4 is 0 Å². The first kappa shape index (κ1) is 14.4. The lowest BCUT2D eigenvalue weighted by atomic mass is 10.0. The van der Waals surface area contributed by atoms with E-state index in [1.165, 1.54) is 6.07 Å². The second kappa shape index (κ2) is 5.81. The number of aromatic nitrogens is 1. The molecule has 0 aromatic carbocycles. The second-order valence-electron chi connectivity index (χ2n) is 3.32. The summed E-state index contributed by atoms with van der Waals surface area (Å²) in [7, 11) is 1.05. The predicted molar refractivity (Wildman–Crippen MR) is 56.3 cm³/mol. The van der Waals surface area contributed by atoms with Crippen molar-refractivity contribution in [1.82, 2.24) is 4.98 Å². The smallest absolute Gasteiger partial charge is 0.365 e. The number of halogens is 2. The van der Waals surface area contributed by atoms with Crippen LogP contribution in [0.1, 0.15) is 23.2 Å². The maximum atomic E-state index is 12.8. The third kappa shape index (κ3) is 3.19. The summed E-state index contributed by atoms with van der Waals surface area (Å²) >= 11 is 0. The van der Waals surface area contributed by atoms with Gasteiger partial charge in [0.25, 0.3) is 12.1 Å². The largest absolute Gasteiger partial charge is 0.469 e. The summed E-state index contributed by atoms with van der Waals surface area (Å²) in [5.41, 5.74) is -1.92. The van der Waals surface area contributed by atoms with Gasteiger partial charge in [-0.15, -0.1) is 0 Å². The molecule has 0 bridgehead atoms. The van der Waals surface area contributed by atoms with E-state index in [-0.39, 0.29) is 5.56 Å². The van der Waals surface area contributed by atoms with Crippen molar-refractivity contribution in [2.45, 2.75) is 12.8 Å². The van der Waals surface area contributed by atoms with Crippen molar-refractivity contribution < 1.29 is 23.2 Å². The number of nitro groups is 1. The Bertz CT molecular complexity index is 569. The number of alkyl halides is 2. The van der Waals surface area contributed by atoms with Gasteiger partial charge in [-0.2, -0.15) is 5.26 Å². The van der Waals surface area contributed by atoms with Crippen LogP contribution in [0.2, 0.25) is 0 Å². The highest BCUT2D eigenvalue weighted by Gasteiger charge is 2.27. The monoisotopic (exact) mass is 271 g/mol. The molecule has 1 heterocycles. The Hall–Kier alpha value is -2.63. The number of carbonyl (C=O) groups excluding carboxylic acids is 1. The Kier molecular flexibility index (Phi) is 4.41. The molecule has 100 valence electrons. The number of carbonyl (C=O) groups is 1. The molecule has 0 saturated heterocycles. The maximum absolute atomic E-state index is 12.8. The Labute approximate surface area is 105 Å². The van der Waals surface area contributed by atoms with Crippen molar-refractivity contribution in [3.63, 3.8) is 0 Å². The molecule has 1 aromatic rings. The van der Waals surface area contributed by atoms with E-state index in [0.29, 0.717) is 0 Å². The molecule has 0 amide bonds. The number of pyridine rings is 1. The lowest BCUT2D eigenvalue weighted by molar-refractivity contribution is -0.389. The molecule has 0 aliphatic rings. The van der Waals surface area contributed by atoms with Crippen LogP contribution in [0.25, 0.3) is 0 Å². The van der Waals surface area contributed by atoms with Gasteiger partial charge in [-0.05, 0) is 15.5 Å². The number of esters is 1. The zero-order valence-electron chi connectivity index (χ0n) is 9.59. The summed E-state index contributed by atoms with van der Waals surface area (Å²) in [6, 6.07) is 2.09. The Balaban J connectivity index is 3.46. The van der Waals surface area contributed by atoms with Gasteiger partial charge in [0.2, 0.25) is 0 Å². The fourth-order valence-corrected chi connectivity index (χ4v) is 1.39. The highest BCUT2D eigenvalue weighted by Crippen LogP contribution is 2.28. The van der Waals surface area contributed by atoms with E-state index < -0.39 is 40.8 Å². The molecule has 0 fully saturated rings. The number of hydrogen-bond acceptors (Lipinski definition) is 6. The summed E-state index contributed by atoms with van der Waals surface area (Å²) in [4.78, 5) is 24.0. The van der Waals surface area contributed by atoms with Crippen LogP contribution in [0.5, 0.6) is 0 Å². The van der Waals surface area contributed by atoms with Crippen LogP contribution in [0.15, 0.2) is 6.07 Å². The molecule has 7 nitrogen and oxygen atoms in total. The molecule has 1 rings (SSSR count). The van der Waals surface area contributed by atoms with Crippen LogP contribution in [0.3, 0.4) is 0 Å². The summed E-state index contributed by atoms with van der Waals surface area (Å²) < 4.78 is 30.0. The first-order valence-electron chi connectivity index (χ1n) is 4.84. The average Bonchev–Trinajstić information content (AvgIpc) is 2.36. The molecule has 9 heteroatoms. The Morgan fingerprint density at radius 1 is 1.68 bits per heavy atom. The van der Waals surface area contributed by atoms with Crippen LogP contribution in [0, 0.1) is 21.4 Å². The van der Waals surface area contributed by atoms with Gasteiger partial charge in [-0.25, -0.2) is 8.78 Å². The molecule has 0 atom stereocenters.